The summed E-state index contributed by atoms with van der Waals surface area (Å²) in [7, 11) is 0. The quantitative estimate of drug-likeness (QED) is 0.770. The van der Waals surface area contributed by atoms with Crippen LogP contribution >= 0.6 is 0 Å². The number of nitrogens with zero attached hydrogens (tertiary/aromatic N) is 2. The Morgan fingerprint density at radius 2 is 2.08 bits per heavy atom. The van der Waals surface area contributed by atoms with Gasteiger partial charge in [0.25, 0.3) is 5.91 Å². The largest absolute Gasteiger partial charge is 0.454 e. The van der Waals surface area contributed by atoms with E-state index in [1.807, 2.05) is 29.2 Å². The standard InChI is InChI=1S/C21H22N2O3/c24-21(17-9-10-19-20(12-17)26-15-25-19)23(13-16-6-2-1-3-7-16)14-18-8-4-5-11-22-18/h1-2,4-5,8-12,16H,3,6-7,13-15H2. The van der Waals surface area contributed by atoms with E-state index in [9.17, 15) is 4.79 Å². The van der Waals surface area contributed by atoms with Gasteiger partial charge in [0.15, 0.2) is 11.5 Å². The summed E-state index contributed by atoms with van der Waals surface area (Å²) >= 11 is 0. The molecule has 26 heavy (non-hydrogen) atoms. The molecule has 5 nitrogen and oxygen atoms in total. The third-order valence-electron chi connectivity index (χ3n) is 4.84. The first-order valence-electron chi connectivity index (χ1n) is 9.03. The van der Waals surface area contributed by atoms with Crippen molar-refractivity contribution in [2.75, 3.05) is 13.3 Å². The van der Waals surface area contributed by atoms with Gasteiger partial charge in [-0.15, -0.1) is 0 Å². The summed E-state index contributed by atoms with van der Waals surface area (Å²) in [5.74, 6) is 1.81. The van der Waals surface area contributed by atoms with Crippen LogP contribution in [0.3, 0.4) is 0 Å². The smallest absolute Gasteiger partial charge is 0.254 e. The average molecular weight is 350 g/mol. The number of carbonyl (C=O) groups excluding carboxylic acids is 1. The highest BCUT2D eigenvalue weighted by molar-refractivity contribution is 5.95. The number of hydrogen-bond donors (Lipinski definition) is 0. The van der Waals surface area contributed by atoms with Gasteiger partial charge in [0.1, 0.15) is 0 Å². The zero-order valence-electron chi connectivity index (χ0n) is 14.6. The molecule has 0 saturated carbocycles. The average Bonchev–Trinajstić information content (AvgIpc) is 3.16. The molecule has 5 heteroatoms. The van der Waals surface area contributed by atoms with Crippen molar-refractivity contribution >= 4 is 5.91 Å². The Kier molecular flexibility index (Phi) is 4.86. The number of carbonyl (C=O) groups is 1. The van der Waals surface area contributed by atoms with Crippen LogP contribution in [0, 0.1) is 5.92 Å². The number of pyridine rings is 1. The van der Waals surface area contributed by atoms with Crippen molar-refractivity contribution < 1.29 is 14.3 Å². The lowest BCUT2D eigenvalue weighted by Crippen LogP contribution is -2.35. The Balaban J connectivity index is 1.56. The maximum absolute atomic E-state index is 13.2. The zero-order valence-corrected chi connectivity index (χ0v) is 14.6. The first-order chi connectivity index (χ1) is 12.8. The molecule has 2 aromatic rings. The number of rotatable bonds is 5. The molecule has 1 aliphatic carbocycles. The molecule has 4 rings (SSSR count). The molecule has 134 valence electrons. The summed E-state index contributed by atoms with van der Waals surface area (Å²) < 4.78 is 10.8. The van der Waals surface area contributed by atoms with E-state index < -0.39 is 0 Å². The Morgan fingerprint density at radius 1 is 1.15 bits per heavy atom. The molecule has 1 unspecified atom stereocenters. The number of allylic oxidation sites excluding steroid dienone is 2. The lowest BCUT2D eigenvalue weighted by Gasteiger charge is -2.28. The minimum atomic E-state index is 0.00325. The molecule has 0 fully saturated rings. The molecule has 0 bridgehead atoms. The molecule has 1 aromatic carbocycles. The number of aromatic nitrogens is 1. The van der Waals surface area contributed by atoms with E-state index in [-0.39, 0.29) is 12.7 Å². The van der Waals surface area contributed by atoms with Gasteiger partial charge >= 0.3 is 0 Å². The van der Waals surface area contributed by atoms with Gasteiger partial charge in [0, 0.05) is 18.3 Å². The molecule has 1 amide bonds. The highest BCUT2D eigenvalue weighted by Gasteiger charge is 2.23. The fourth-order valence-electron chi connectivity index (χ4n) is 3.45. The van der Waals surface area contributed by atoms with Crippen LogP contribution in [0.25, 0.3) is 0 Å². The van der Waals surface area contributed by atoms with Crippen molar-refractivity contribution in [1.82, 2.24) is 9.88 Å². The molecule has 0 spiro atoms. The van der Waals surface area contributed by atoms with Crippen LogP contribution < -0.4 is 9.47 Å². The minimum Gasteiger partial charge on any atom is -0.454 e. The van der Waals surface area contributed by atoms with Crippen LogP contribution in [0.2, 0.25) is 0 Å². The van der Waals surface area contributed by atoms with Gasteiger partial charge in [-0.25, -0.2) is 0 Å². The van der Waals surface area contributed by atoms with Crippen molar-refractivity contribution in [2.45, 2.75) is 25.8 Å². The molecule has 0 radical (unpaired) electrons. The summed E-state index contributed by atoms with van der Waals surface area (Å²) in [5.41, 5.74) is 1.52. The lowest BCUT2D eigenvalue weighted by molar-refractivity contribution is 0.0707. The fraction of sp³-hybridized carbons (Fsp3) is 0.333. The molecule has 2 aliphatic rings. The van der Waals surface area contributed by atoms with Gasteiger partial charge in [-0.2, -0.15) is 0 Å². The van der Waals surface area contributed by atoms with Gasteiger partial charge in [0.05, 0.1) is 12.2 Å². The van der Waals surface area contributed by atoms with E-state index >= 15 is 0 Å². The van der Waals surface area contributed by atoms with Crippen molar-refractivity contribution in [3.8, 4) is 11.5 Å². The Morgan fingerprint density at radius 3 is 2.88 bits per heavy atom. The molecular formula is C21H22N2O3. The first kappa shape index (κ1) is 16.6. The Hall–Kier alpha value is -2.82. The SMILES string of the molecule is O=C(c1ccc2c(c1)OCO2)N(Cc1ccccn1)CC1CC=CCC1. The van der Waals surface area contributed by atoms with Crippen molar-refractivity contribution in [2.24, 2.45) is 5.92 Å². The predicted octanol–water partition coefficient (Wildman–Crippen LogP) is 3.81. The van der Waals surface area contributed by atoms with E-state index in [0.717, 1.165) is 31.5 Å². The van der Waals surface area contributed by atoms with Gasteiger partial charge in [-0.05, 0) is 55.5 Å². The second kappa shape index (κ2) is 7.60. The highest BCUT2D eigenvalue weighted by atomic mass is 16.7. The zero-order chi connectivity index (χ0) is 17.8. The Labute approximate surface area is 153 Å². The number of fused-ring (bicyclic) bond motifs is 1. The number of benzene rings is 1. The van der Waals surface area contributed by atoms with Gasteiger partial charge in [0.2, 0.25) is 6.79 Å². The van der Waals surface area contributed by atoms with Crippen LogP contribution in [-0.4, -0.2) is 29.1 Å². The summed E-state index contributed by atoms with van der Waals surface area (Å²) in [4.78, 5) is 19.5. The number of hydrogen-bond acceptors (Lipinski definition) is 4. The van der Waals surface area contributed by atoms with Crippen LogP contribution in [0.15, 0.2) is 54.7 Å². The van der Waals surface area contributed by atoms with E-state index in [4.69, 9.17) is 9.47 Å². The summed E-state index contributed by atoms with van der Waals surface area (Å²) in [6.45, 7) is 1.45. The number of ether oxygens (including phenoxy) is 2. The maximum atomic E-state index is 13.2. The van der Waals surface area contributed by atoms with Gasteiger partial charge in [-0.3, -0.25) is 9.78 Å². The predicted molar refractivity (Wildman–Crippen MR) is 98.0 cm³/mol. The minimum absolute atomic E-state index is 0.00325. The number of amides is 1. The maximum Gasteiger partial charge on any atom is 0.254 e. The molecule has 1 aromatic heterocycles. The van der Waals surface area contributed by atoms with E-state index in [2.05, 4.69) is 17.1 Å². The van der Waals surface area contributed by atoms with E-state index in [0.29, 0.717) is 29.5 Å². The van der Waals surface area contributed by atoms with Crippen LogP contribution in [0.5, 0.6) is 11.5 Å². The first-order valence-corrected chi connectivity index (χ1v) is 9.03. The molecule has 2 heterocycles. The second-order valence-electron chi connectivity index (χ2n) is 6.73. The summed E-state index contributed by atoms with van der Waals surface area (Å²) in [6.07, 6.45) is 9.43. The van der Waals surface area contributed by atoms with E-state index in [1.165, 1.54) is 0 Å². The van der Waals surface area contributed by atoms with Crippen molar-refractivity contribution in [3.05, 3.63) is 66.0 Å². The summed E-state index contributed by atoms with van der Waals surface area (Å²) in [6, 6.07) is 11.2. The van der Waals surface area contributed by atoms with Crippen LogP contribution in [0.1, 0.15) is 35.3 Å². The highest BCUT2D eigenvalue weighted by Crippen LogP contribution is 2.33. The monoisotopic (exact) mass is 350 g/mol. The fourth-order valence-corrected chi connectivity index (χ4v) is 3.45. The van der Waals surface area contributed by atoms with Crippen molar-refractivity contribution in [3.63, 3.8) is 0 Å². The normalized spacial score (nSPS) is 17.9. The van der Waals surface area contributed by atoms with Crippen molar-refractivity contribution in [1.29, 1.82) is 0 Å². The molecule has 0 saturated heterocycles. The lowest BCUT2D eigenvalue weighted by atomic mass is 9.93. The van der Waals surface area contributed by atoms with Gasteiger partial charge in [-0.1, -0.05) is 18.2 Å². The van der Waals surface area contributed by atoms with Crippen LogP contribution in [0.4, 0.5) is 0 Å². The van der Waals surface area contributed by atoms with Gasteiger partial charge < -0.3 is 14.4 Å². The van der Waals surface area contributed by atoms with Crippen LogP contribution in [-0.2, 0) is 6.54 Å². The molecule has 1 aliphatic heterocycles. The summed E-state index contributed by atoms with van der Waals surface area (Å²) in [5, 5.41) is 0. The Bertz CT molecular complexity index is 804. The molecule has 0 N–H and O–H groups in total. The molecule has 1 atom stereocenters. The second-order valence-corrected chi connectivity index (χ2v) is 6.73. The topological polar surface area (TPSA) is 51.7 Å². The van der Waals surface area contributed by atoms with E-state index in [1.54, 1.807) is 18.3 Å². The molecular weight excluding hydrogens is 328 g/mol. The third-order valence-corrected chi connectivity index (χ3v) is 4.84. The third kappa shape index (κ3) is 3.72.